The number of thioether (sulfide) groups is 1. The molecule has 1 N–H and O–H groups in total. The third kappa shape index (κ3) is 3.29. The van der Waals surface area contributed by atoms with Crippen LogP contribution in [-0.4, -0.2) is 19.9 Å². The second-order valence-electron chi connectivity index (χ2n) is 4.86. The van der Waals surface area contributed by atoms with Crippen LogP contribution < -0.4 is 5.56 Å². The second-order valence-corrected chi connectivity index (χ2v) is 6.27. The van der Waals surface area contributed by atoms with Crippen molar-refractivity contribution in [3.63, 3.8) is 0 Å². The van der Waals surface area contributed by atoms with Crippen LogP contribution in [0.5, 0.6) is 5.88 Å². The van der Waals surface area contributed by atoms with Crippen molar-refractivity contribution in [1.82, 2.24) is 9.55 Å². The van der Waals surface area contributed by atoms with E-state index in [2.05, 4.69) is 18.8 Å². The lowest BCUT2D eigenvalue weighted by atomic mass is 10.2. The zero-order valence-electron chi connectivity index (χ0n) is 12.5. The molecule has 2 aromatic rings. The molecule has 0 radical (unpaired) electrons. The molecule has 0 saturated carbocycles. The number of hydrogen-bond acceptors (Lipinski definition) is 4. The standard InChI is InChI=1S/C16H20N2O2S/c1-4-11(3)21-16-17-14(19)13(5-2)15(20)18(16)12-9-7-6-8-10-12/h6-11,19H,4-5H2,1-3H3/t11-/m1/s1. The minimum absolute atomic E-state index is 0.152. The second kappa shape index (κ2) is 6.80. The molecule has 0 amide bonds. The molecule has 1 heterocycles. The average molecular weight is 304 g/mol. The molecule has 1 atom stereocenters. The summed E-state index contributed by atoms with van der Waals surface area (Å²) < 4.78 is 1.59. The van der Waals surface area contributed by atoms with Crippen molar-refractivity contribution in [3.8, 4) is 11.6 Å². The fourth-order valence-electron chi connectivity index (χ4n) is 1.98. The van der Waals surface area contributed by atoms with Crippen LogP contribution in [0.2, 0.25) is 0 Å². The van der Waals surface area contributed by atoms with Crippen molar-refractivity contribution in [2.45, 2.75) is 44.0 Å². The van der Waals surface area contributed by atoms with Gasteiger partial charge in [-0.25, -0.2) is 0 Å². The first kappa shape index (κ1) is 15.6. The first-order chi connectivity index (χ1) is 10.1. The van der Waals surface area contributed by atoms with Gasteiger partial charge in [0.25, 0.3) is 5.56 Å². The van der Waals surface area contributed by atoms with Gasteiger partial charge >= 0.3 is 0 Å². The Bertz CT molecular complexity index is 668. The van der Waals surface area contributed by atoms with E-state index in [0.717, 1.165) is 12.1 Å². The van der Waals surface area contributed by atoms with E-state index in [1.807, 2.05) is 37.3 Å². The predicted molar refractivity (Wildman–Crippen MR) is 86.5 cm³/mol. The van der Waals surface area contributed by atoms with Gasteiger partial charge in [0.2, 0.25) is 5.88 Å². The number of rotatable bonds is 5. The van der Waals surface area contributed by atoms with Gasteiger partial charge in [-0.15, -0.1) is 0 Å². The van der Waals surface area contributed by atoms with E-state index in [1.54, 1.807) is 4.57 Å². The molecule has 0 saturated heterocycles. The Hall–Kier alpha value is -1.75. The Morgan fingerprint density at radius 3 is 2.52 bits per heavy atom. The van der Waals surface area contributed by atoms with Crippen LogP contribution in [0.15, 0.2) is 40.3 Å². The highest BCUT2D eigenvalue weighted by molar-refractivity contribution is 7.99. The van der Waals surface area contributed by atoms with Crippen LogP contribution in [0, 0.1) is 0 Å². The van der Waals surface area contributed by atoms with E-state index in [0.29, 0.717) is 22.4 Å². The number of benzene rings is 1. The monoisotopic (exact) mass is 304 g/mol. The summed E-state index contributed by atoms with van der Waals surface area (Å²) in [4.78, 5) is 16.9. The van der Waals surface area contributed by atoms with Crippen molar-refractivity contribution in [1.29, 1.82) is 0 Å². The molecule has 0 unspecified atom stereocenters. The highest BCUT2D eigenvalue weighted by Gasteiger charge is 2.18. The lowest BCUT2D eigenvalue weighted by molar-refractivity contribution is 0.432. The Balaban J connectivity index is 2.66. The molecule has 21 heavy (non-hydrogen) atoms. The van der Waals surface area contributed by atoms with Crippen LogP contribution in [0.1, 0.15) is 32.8 Å². The molecule has 1 aromatic heterocycles. The van der Waals surface area contributed by atoms with Crippen molar-refractivity contribution in [3.05, 3.63) is 46.2 Å². The fraction of sp³-hybridized carbons (Fsp3) is 0.375. The summed E-state index contributed by atoms with van der Waals surface area (Å²) in [5.74, 6) is -0.152. The smallest absolute Gasteiger partial charge is 0.265 e. The van der Waals surface area contributed by atoms with E-state index in [1.165, 1.54) is 11.8 Å². The Morgan fingerprint density at radius 1 is 1.29 bits per heavy atom. The molecule has 0 fully saturated rings. The van der Waals surface area contributed by atoms with Crippen LogP contribution in [-0.2, 0) is 6.42 Å². The lowest BCUT2D eigenvalue weighted by Crippen LogP contribution is -2.25. The van der Waals surface area contributed by atoms with E-state index in [-0.39, 0.29) is 11.4 Å². The number of aromatic nitrogens is 2. The molecule has 2 rings (SSSR count). The van der Waals surface area contributed by atoms with Gasteiger partial charge in [-0.1, -0.05) is 50.7 Å². The molecule has 1 aromatic carbocycles. The predicted octanol–water partition coefficient (Wildman–Crippen LogP) is 3.39. The third-order valence-corrected chi connectivity index (χ3v) is 4.59. The van der Waals surface area contributed by atoms with Crippen molar-refractivity contribution >= 4 is 11.8 Å². The van der Waals surface area contributed by atoms with Crippen LogP contribution in [0.4, 0.5) is 0 Å². The van der Waals surface area contributed by atoms with Gasteiger partial charge in [-0.2, -0.15) is 4.98 Å². The first-order valence-electron chi connectivity index (χ1n) is 7.15. The van der Waals surface area contributed by atoms with Gasteiger partial charge in [-0.05, 0) is 25.0 Å². The average Bonchev–Trinajstić information content (AvgIpc) is 2.48. The van der Waals surface area contributed by atoms with Crippen molar-refractivity contribution in [2.75, 3.05) is 0 Å². The first-order valence-corrected chi connectivity index (χ1v) is 8.03. The molecule has 5 heteroatoms. The molecule has 0 aliphatic heterocycles. The third-order valence-electron chi connectivity index (χ3n) is 3.37. The zero-order chi connectivity index (χ0) is 15.4. The van der Waals surface area contributed by atoms with Gasteiger partial charge in [0, 0.05) is 5.25 Å². The van der Waals surface area contributed by atoms with Gasteiger partial charge in [0.15, 0.2) is 5.16 Å². The largest absolute Gasteiger partial charge is 0.493 e. The van der Waals surface area contributed by atoms with Gasteiger partial charge in [0.05, 0.1) is 11.3 Å². The summed E-state index contributed by atoms with van der Waals surface area (Å²) in [6.07, 6.45) is 1.42. The SMILES string of the molecule is CCc1c(O)nc(S[C@H](C)CC)n(-c2ccccc2)c1=O. The van der Waals surface area contributed by atoms with E-state index in [4.69, 9.17) is 0 Å². The van der Waals surface area contributed by atoms with Gasteiger partial charge in [-0.3, -0.25) is 9.36 Å². The molecule has 112 valence electrons. The molecule has 0 spiro atoms. The molecular formula is C16H20N2O2S. The Morgan fingerprint density at radius 2 is 1.95 bits per heavy atom. The topological polar surface area (TPSA) is 55.1 Å². The summed E-state index contributed by atoms with van der Waals surface area (Å²) >= 11 is 1.50. The Labute approximate surface area is 128 Å². The summed E-state index contributed by atoms with van der Waals surface area (Å²) in [5.41, 5.74) is 0.935. The van der Waals surface area contributed by atoms with Crippen molar-refractivity contribution < 1.29 is 5.11 Å². The van der Waals surface area contributed by atoms with Crippen LogP contribution in [0.25, 0.3) is 5.69 Å². The van der Waals surface area contributed by atoms with Gasteiger partial charge in [0.1, 0.15) is 0 Å². The minimum atomic E-state index is -0.193. The lowest BCUT2D eigenvalue weighted by Gasteiger charge is -2.16. The summed E-state index contributed by atoms with van der Waals surface area (Å²) in [7, 11) is 0. The van der Waals surface area contributed by atoms with Gasteiger partial charge < -0.3 is 5.11 Å². The van der Waals surface area contributed by atoms with E-state index in [9.17, 15) is 9.90 Å². The number of aromatic hydroxyl groups is 1. The molecule has 4 nitrogen and oxygen atoms in total. The maximum Gasteiger partial charge on any atom is 0.265 e. The minimum Gasteiger partial charge on any atom is -0.493 e. The molecule has 0 bridgehead atoms. The quantitative estimate of drug-likeness (QED) is 0.679. The maximum absolute atomic E-state index is 12.7. The summed E-state index contributed by atoms with van der Waals surface area (Å²) in [6.45, 7) is 6.01. The van der Waals surface area contributed by atoms with Crippen LogP contribution in [0.3, 0.4) is 0 Å². The molecular weight excluding hydrogens is 284 g/mol. The summed E-state index contributed by atoms with van der Waals surface area (Å²) in [6, 6.07) is 9.43. The summed E-state index contributed by atoms with van der Waals surface area (Å²) in [5, 5.41) is 10.8. The van der Waals surface area contributed by atoms with E-state index >= 15 is 0 Å². The Kier molecular flexibility index (Phi) is 5.07. The maximum atomic E-state index is 12.7. The zero-order valence-corrected chi connectivity index (χ0v) is 13.4. The highest BCUT2D eigenvalue weighted by atomic mass is 32.2. The number of para-hydroxylation sites is 1. The highest BCUT2D eigenvalue weighted by Crippen LogP contribution is 2.27. The number of hydrogen-bond donors (Lipinski definition) is 1. The molecule has 0 aliphatic rings. The fourth-order valence-corrected chi connectivity index (χ4v) is 2.94. The van der Waals surface area contributed by atoms with Crippen LogP contribution >= 0.6 is 11.8 Å². The van der Waals surface area contributed by atoms with Crippen molar-refractivity contribution in [2.24, 2.45) is 0 Å². The normalized spacial score (nSPS) is 12.3. The van der Waals surface area contributed by atoms with E-state index < -0.39 is 0 Å². The number of nitrogens with zero attached hydrogens (tertiary/aromatic N) is 2. The molecule has 0 aliphatic carbocycles.